The third-order valence-electron chi connectivity index (χ3n) is 4.92. The molecule has 218 valence electrons. The van der Waals surface area contributed by atoms with Crippen LogP contribution in [0.2, 0.25) is 0 Å². The Morgan fingerprint density at radius 1 is 1.00 bits per heavy atom. The van der Waals surface area contributed by atoms with Crippen LogP contribution >= 0.6 is 31.9 Å². The summed E-state index contributed by atoms with van der Waals surface area (Å²) >= 11 is 5.08. The molecule has 1 heterocycles. The summed E-state index contributed by atoms with van der Waals surface area (Å²) < 4.78 is 132. The van der Waals surface area contributed by atoms with Gasteiger partial charge in [-0.2, -0.15) is 39.5 Å². The normalized spacial score (nSPS) is 13.4. The van der Waals surface area contributed by atoms with E-state index in [9.17, 15) is 49.1 Å². The zero-order valence-corrected chi connectivity index (χ0v) is 23.2. The Morgan fingerprint density at radius 3 is 2.03 bits per heavy atom. The monoisotopic (exact) mass is 705 g/mol. The van der Waals surface area contributed by atoms with Gasteiger partial charge in [-0.05, 0) is 57.3 Å². The lowest BCUT2D eigenvalue weighted by molar-refractivity contribution is -0.154. The van der Waals surface area contributed by atoms with Crippen molar-refractivity contribution < 1.29 is 53.8 Å². The van der Waals surface area contributed by atoms with Crippen molar-refractivity contribution >= 4 is 49.5 Å². The first-order valence-corrected chi connectivity index (χ1v) is 12.2. The van der Waals surface area contributed by atoms with Crippen molar-refractivity contribution in [3.05, 3.63) is 48.3 Å². The molecular weight excluding hydrogens is 689 g/mol. The van der Waals surface area contributed by atoms with Crippen LogP contribution in [0.3, 0.4) is 0 Å². The maximum Gasteiger partial charge on any atom is 0.434 e. The van der Waals surface area contributed by atoms with Gasteiger partial charge in [0.05, 0.1) is 27.9 Å². The van der Waals surface area contributed by atoms with Crippen LogP contribution in [0.5, 0.6) is 0 Å². The lowest BCUT2D eigenvalue weighted by Crippen LogP contribution is -2.45. The second-order valence-corrected chi connectivity index (χ2v) is 9.18. The lowest BCUT2D eigenvalue weighted by atomic mass is 10.1. The molecular formula is C21H18Br2F9N3O4. The molecule has 2 aromatic rings. The molecule has 1 aromatic carbocycles. The molecule has 0 aliphatic carbocycles. The molecule has 0 fully saturated rings. The van der Waals surface area contributed by atoms with Gasteiger partial charge in [0.2, 0.25) is 12.2 Å². The predicted octanol–water partition coefficient (Wildman–Crippen LogP) is 6.91. The molecule has 0 spiro atoms. The van der Waals surface area contributed by atoms with Crippen molar-refractivity contribution in [1.82, 2.24) is 9.55 Å². The smallest absolute Gasteiger partial charge is 0.434 e. The maximum absolute atomic E-state index is 13.8. The van der Waals surface area contributed by atoms with Gasteiger partial charge in [-0.25, -0.2) is 9.78 Å². The summed E-state index contributed by atoms with van der Waals surface area (Å²) in [6.45, 7) is 2.03. The summed E-state index contributed by atoms with van der Waals surface area (Å²) in [5.74, 6) is -2.54. The van der Waals surface area contributed by atoms with Crippen molar-refractivity contribution in [2.45, 2.75) is 51.6 Å². The number of ether oxygens (including phenoxy) is 2. The minimum absolute atomic E-state index is 0.0504. The molecule has 0 aliphatic heterocycles. The van der Waals surface area contributed by atoms with Crippen LogP contribution in [-0.2, 0) is 39.3 Å². The van der Waals surface area contributed by atoms with E-state index in [1.165, 1.54) is 13.8 Å². The van der Waals surface area contributed by atoms with Crippen LogP contribution in [-0.4, -0.2) is 35.5 Å². The van der Waals surface area contributed by atoms with Crippen LogP contribution < -0.4 is 10.5 Å². The number of carbonyl (C=O) groups is 1. The summed E-state index contributed by atoms with van der Waals surface area (Å²) in [6, 6.07) is -0.0878. The fourth-order valence-electron chi connectivity index (χ4n) is 3.33. The first kappa shape index (κ1) is 32.9. The highest BCUT2D eigenvalue weighted by Gasteiger charge is 2.44. The predicted molar refractivity (Wildman–Crippen MR) is 125 cm³/mol. The Morgan fingerprint density at radius 2 is 1.59 bits per heavy atom. The molecule has 0 bridgehead atoms. The second-order valence-electron chi connectivity index (χ2n) is 7.59. The van der Waals surface area contributed by atoms with Gasteiger partial charge < -0.3 is 9.47 Å². The SMILES string of the molecule is CCCn1c(N(c2cc(C(F)(F)F)cc(C(F)(F)F)c2Br)C(OC)C(=O)OCC)nc(C(F)(F)F)c(Br)c1=O. The average molecular weight is 707 g/mol. The number of methoxy groups -OCH3 is 1. The lowest BCUT2D eigenvalue weighted by Gasteiger charge is -2.33. The first-order valence-electron chi connectivity index (χ1n) is 10.6. The number of halogens is 11. The summed E-state index contributed by atoms with van der Waals surface area (Å²) in [7, 11) is 0.798. The van der Waals surface area contributed by atoms with Gasteiger partial charge in [-0.1, -0.05) is 6.92 Å². The van der Waals surface area contributed by atoms with E-state index < -0.39 is 80.2 Å². The quantitative estimate of drug-likeness (QED) is 0.169. The third kappa shape index (κ3) is 7.06. The van der Waals surface area contributed by atoms with Crippen molar-refractivity contribution in [2.24, 2.45) is 0 Å². The topological polar surface area (TPSA) is 73.7 Å². The molecule has 0 N–H and O–H groups in total. The van der Waals surface area contributed by atoms with E-state index in [0.717, 1.165) is 7.11 Å². The number of hydrogen-bond donors (Lipinski definition) is 0. The van der Waals surface area contributed by atoms with Gasteiger partial charge in [0, 0.05) is 13.7 Å². The zero-order chi connectivity index (χ0) is 30.1. The molecule has 2 rings (SSSR count). The highest BCUT2D eigenvalue weighted by molar-refractivity contribution is 9.11. The van der Waals surface area contributed by atoms with E-state index in [-0.39, 0.29) is 30.1 Å². The fraction of sp³-hybridized carbons (Fsp3) is 0.476. The van der Waals surface area contributed by atoms with Crippen molar-refractivity contribution in [3.8, 4) is 0 Å². The van der Waals surface area contributed by atoms with Crippen LogP contribution in [0.4, 0.5) is 51.1 Å². The number of hydrogen-bond acceptors (Lipinski definition) is 6. The maximum atomic E-state index is 13.8. The number of esters is 1. The molecule has 0 radical (unpaired) electrons. The fourth-order valence-corrected chi connectivity index (χ4v) is 4.50. The number of anilines is 2. The van der Waals surface area contributed by atoms with Gasteiger partial charge in [0.25, 0.3) is 5.56 Å². The molecule has 7 nitrogen and oxygen atoms in total. The van der Waals surface area contributed by atoms with Gasteiger partial charge in [-0.3, -0.25) is 14.3 Å². The van der Waals surface area contributed by atoms with E-state index in [4.69, 9.17) is 9.47 Å². The van der Waals surface area contributed by atoms with E-state index >= 15 is 0 Å². The summed E-state index contributed by atoms with van der Waals surface area (Å²) in [5, 5.41) is 0. The summed E-state index contributed by atoms with van der Waals surface area (Å²) in [5.41, 5.74) is -8.11. The highest BCUT2D eigenvalue weighted by Crippen LogP contribution is 2.46. The molecule has 18 heteroatoms. The molecule has 0 saturated heterocycles. The van der Waals surface area contributed by atoms with Crippen LogP contribution in [0.15, 0.2) is 25.9 Å². The standard InChI is InChI=1S/C21H18Br2F9N3O4/c1-4-6-34-15(36)13(23)14(21(30,31)32)33-18(34)35(16(38-3)17(37)39-5-2)11-8-9(19(24,25)26)7-10(12(11)22)20(27,28)29/h7-8,16H,4-6H2,1-3H3. The minimum atomic E-state index is -5.40. The third-order valence-corrected chi connectivity index (χ3v) is 6.47. The first-order chi connectivity index (χ1) is 17.8. The number of nitrogens with zero attached hydrogens (tertiary/aromatic N) is 3. The van der Waals surface area contributed by atoms with E-state index in [1.807, 2.05) is 0 Å². The molecule has 39 heavy (non-hydrogen) atoms. The zero-order valence-electron chi connectivity index (χ0n) is 20.0. The van der Waals surface area contributed by atoms with Crippen molar-refractivity contribution in [2.75, 3.05) is 18.6 Å². The van der Waals surface area contributed by atoms with Gasteiger partial charge in [0.1, 0.15) is 4.47 Å². The number of alkyl halides is 9. The largest absolute Gasteiger partial charge is 0.463 e. The van der Waals surface area contributed by atoms with Crippen LogP contribution in [0.25, 0.3) is 0 Å². The Labute approximate surface area is 231 Å². The molecule has 0 aliphatic rings. The van der Waals surface area contributed by atoms with Gasteiger partial charge >= 0.3 is 24.5 Å². The Balaban J connectivity index is 3.21. The van der Waals surface area contributed by atoms with E-state index in [2.05, 4.69) is 36.8 Å². The summed E-state index contributed by atoms with van der Waals surface area (Å²) in [6.07, 6.45) is -18.3. The van der Waals surface area contributed by atoms with Crippen LogP contribution in [0, 0.1) is 0 Å². The van der Waals surface area contributed by atoms with Crippen LogP contribution in [0.1, 0.15) is 37.1 Å². The highest BCUT2D eigenvalue weighted by atomic mass is 79.9. The van der Waals surface area contributed by atoms with Crippen molar-refractivity contribution in [1.29, 1.82) is 0 Å². The molecule has 1 unspecified atom stereocenters. The molecule has 1 atom stereocenters. The van der Waals surface area contributed by atoms with Gasteiger partial charge in [0.15, 0.2) is 5.69 Å². The molecule has 0 amide bonds. The second kappa shape index (κ2) is 12.0. The number of carbonyl (C=O) groups excluding carboxylic acids is 1. The Hall–Kier alpha value is -2.34. The summed E-state index contributed by atoms with van der Waals surface area (Å²) in [4.78, 5) is 29.3. The van der Waals surface area contributed by atoms with E-state index in [1.54, 1.807) is 0 Å². The number of benzene rings is 1. The van der Waals surface area contributed by atoms with Crippen molar-refractivity contribution in [3.63, 3.8) is 0 Å². The Bertz CT molecular complexity index is 1280. The number of aromatic nitrogens is 2. The molecule has 0 saturated carbocycles. The average Bonchev–Trinajstić information content (AvgIpc) is 2.79. The minimum Gasteiger partial charge on any atom is -0.463 e. The Kier molecular flexibility index (Phi) is 10.1. The van der Waals surface area contributed by atoms with E-state index in [0.29, 0.717) is 4.57 Å². The van der Waals surface area contributed by atoms with Gasteiger partial charge in [-0.15, -0.1) is 0 Å². The molecule has 1 aromatic heterocycles. The number of rotatable bonds is 8.